The van der Waals surface area contributed by atoms with Crippen molar-refractivity contribution in [1.29, 1.82) is 0 Å². The van der Waals surface area contributed by atoms with E-state index in [0.29, 0.717) is 23.0 Å². The van der Waals surface area contributed by atoms with Crippen molar-refractivity contribution < 1.29 is 13.9 Å². The molecule has 33 heavy (non-hydrogen) atoms. The minimum absolute atomic E-state index is 0.174. The molecular formula is C24H18FN5O3. The Morgan fingerprint density at radius 2 is 1.91 bits per heavy atom. The molecule has 9 heteroatoms. The highest BCUT2D eigenvalue weighted by Gasteiger charge is 2.17. The van der Waals surface area contributed by atoms with Gasteiger partial charge in [-0.25, -0.2) is 14.1 Å². The first-order chi connectivity index (χ1) is 16.0. The molecule has 0 unspecified atom stereocenters. The number of aromatic nitrogens is 4. The first-order valence-corrected chi connectivity index (χ1v) is 10.1. The summed E-state index contributed by atoms with van der Waals surface area (Å²) in [4.78, 5) is 29.5. The zero-order chi connectivity index (χ0) is 22.9. The third kappa shape index (κ3) is 3.69. The van der Waals surface area contributed by atoms with Gasteiger partial charge in [-0.1, -0.05) is 24.3 Å². The molecule has 0 atom stereocenters. The molecule has 0 aliphatic heterocycles. The number of carbonyl (C=O) groups is 1. The molecule has 1 amide bonds. The van der Waals surface area contributed by atoms with E-state index in [1.807, 2.05) is 24.3 Å². The first kappa shape index (κ1) is 20.4. The standard InChI is InChI=1S/C24H18FN5O3/c1-33-16-9-6-14(7-10-16)13-26-23(31)15-8-11-18-20(12-15)30-22(27-24(18)32)21(28-29-30)17-4-2-3-5-19(17)25/h2-12,29H,13H2,1H3,(H,26,31). The SMILES string of the molecule is COc1ccc(CNC(=O)c2ccc3c(=O)nc4c(-c5ccccc5F)n[nH]n4c3c2)cc1. The molecule has 0 saturated heterocycles. The van der Waals surface area contributed by atoms with E-state index >= 15 is 0 Å². The Morgan fingerprint density at radius 1 is 1.12 bits per heavy atom. The molecule has 2 heterocycles. The number of methoxy groups -OCH3 is 1. The number of hydrogen-bond donors (Lipinski definition) is 2. The van der Waals surface area contributed by atoms with Crippen LogP contribution in [0.15, 0.2) is 71.5 Å². The summed E-state index contributed by atoms with van der Waals surface area (Å²) in [6.45, 7) is 0.327. The van der Waals surface area contributed by atoms with E-state index in [2.05, 4.69) is 20.6 Å². The smallest absolute Gasteiger partial charge is 0.281 e. The van der Waals surface area contributed by atoms with Gasteiger partial charge in [0.25, 0.3) is 11.5 Å². The van der Waals surface area contributed by atoms with Crippen LogP contribution in [0.5, 0.6) is 5.75 Å². The van der Waals surface area contributed by atoms with Gasteiger partial charge in [-0.05, 0) is 48.0 Å². The van der Waals surface area contributed by atoms with Crippen molar-refractivity contribution >= 4 is 22.5 Å². The van der Waals surface area contributed by atoms with E-state index in [1.54, 1.807) is 43.5 Å². The summed E-state index contributed by atoms with van der Waals surface area (Å²) in [6.07, 6.45) is 0. The van der Waals surface area contributed by atoms with Crippen LogP contribution in [0.1, 0.15) is 15.9 Å². The van der Waals surface area contributed by atoms with Crippen molar-refractivity contribution in [2.24, 2.45) is 0 Å². The number of amides is 1. The molecule has 3 aromatic carbocycles. The first-order valence-electron chi connectivity index (χ1n) is 10.1. The van der Waals surface area contributed by atoms with Crippen molar-refractivity contribution in [2.45, 2.75) is 6.54 Å². The van der Waals surface area contributed by atoms with E-state index in [0.717, 1.165) is 11.3 Å². The molecule has 2 aromatic heterocycles. The topological polar surface area (TPSA) is 101 Å². The van der Waals surface area contributed by atoms with Crippen LogP contribution in [-0.4, -0.2) is 32.8 Å². The highest BCUT2D eigenvalue weighted by atomic mass is 19.1. The van der Waals surface area contributed by atoms with Crippen LogP contribution < -0.4 is 15.6 Å². The summed E-state index contributed by atoms with van der Waals surface area (Å²) in [6, 6.07) is 18.2. The van der Waals surface area contributed by atoms with Gasteiger partial charge in [0, 0.05) is 17.7 Å². The van der Waals surface area contributed by atoms with Gasteiger partial charge in [0.15, 0.2) is 5.65 Å². The molecule has 0 aliphatic carbocycles. The quantitative estimate of drug-likeness (QED) is 0.434. The fourth-order valence-electron chi connectivity index (χ4n) is 3.63. The monoisotopic (exact) mass is 443 g/mol. The number of fused-ring (bicyclic) bond motifs is 3. The molecule has 0 spiro atoms. The highest BCUT2D eigenvalue weighted by Crippen LogP contribution is 2.25. The number of ether oxygens (including phenoxy) is 1. The Hall–Kier alpha value is -4.53. The van der Waals surface area contributed by atoms with E-state index in [-0.39, 0.29) is 22.8 Å². The van der Waals surface area contributed by atoms with E-state index in [1.165, 1.54) is 10.6 Å². The maximum Gasteiger partial charge on any atom is 0.281 e. The Bertz CT molecular complexity index is 1560. The fourth-order valence-corrected chi connectivity index (χ4v) is 3.63. The molecule has 0 fully saturated rings. The number of benzene rings is 3. The predicted octanol–water partition coefficient (Wildman–Crippen LogP) is 3.32. The lowest BCUT2D eigenvalue weighted by Gasteiger charge is -2.08. The third-order valence-corrected chi connectivity index (χ3v) is 5.37. The average Bonchev–Trinajstić information content (AvgIpc) is 3.26. The maximum absolute atomic E-state index is 14.3. The largest absolute Gasteiger partial charge is 0.497 e. The second-order valence-electron chi connectivity index (χ2n) is 7.38. The number of nitrogens with zero attached hydrogens (tertiary/aromatic N) is 3. The molecule has 0 saturated carbocycles. The maximum atomic E-state index is 14.3. The Labute approximate surface area is 186 Å². The molecular weight excluding hydrogens is 425 g/mol. The van der Waals surface area contributed by atoms with E-state index in [9.17, 15) is 14.0 Å². The zero-order valence-corrected chi connectivity index (χ0v) is 17.5. The zero-order valence-electron chi connectivity index (χ0n) is 17.5. The average molecular weight is 443 g/mol. The van der Waals surface area contributed by atoms with Crippen molar-refractivity contribution in [3.8, 4) is 17.0 Å². The van der Waals surface area contributed by atoms with Crippen molar-refractivity contribution in [1.82, 2.24) is 25.1 Å². The molecule has 0 radical (unpaired) electrons. The second kappa shape index (κ2) is 8.19. The van der Waals surface area contributed by atoms with Crippen LogP contribution in [-0.2, 0) is 6.54 Å². The minimum Gasteiger partial charge on any atom is -0.497 e. The minimum atomic E-state index is -0.491. The number of carbonyl (C=O) groups excluding carboxylic acids is 1. The van der Waals surface area contributed by atoms with Crippen molar-refractivity contribution in [3.05, 3.63) is 94.0 Å². The number of nitrogens with one attached hydrogen (secondary N) is 2. The van der Waals surface area contributed by atoms with Crippen LogP contribution >= 0.6 is 0 Å². The summed E-state index contributed by atoms with van der Waals surface area (Å²) in [5, 5.41) is 10.1. The molecule has 164 valence electrons. The lowest BCUT2D eigenvalue weighted by atomic mass is 10.1. The molecule has 0 aliphatic rings. The summed E-state index contributed by atoms with van der Waals surface area (Å²) in [7, 11) is 1.59. The van der Waals surface area contributed by atoms with Crippen LogP contribution in [0, 0.1) is 5.82 Å². The predicted molar refractivity (Wildman–Crippen MR) is 121 cm³/mol. The Morgan fingerprint density at radius 3 is 2.67 bits per heavy atom. The van der Waals surface area contributed by atoms with Gasteiger partial charge in [0.1, 0.15) is 17.3 Å². The van der Waals surface area contributed by atoms with Gasteiger partial charge in [-0.15, -0.1) is 0 Å². The number of rotatable bonds is 5. The number of H-pyrrole nitrogens is 1. The highest BCUT2D eigenvalue weighted by molar-refractivity contribution is 5.98. The van der Waals surface area contributed by atoms with Gasteiger partial charge >= 0.3 is 0 Å². The van der Waals surface area contributed by atoms with Gasteiger partial charge < -0.3 is 10.1 Å². The van der Waals surface area contributed by atoms with Crippen LogP contribution in [0.4, 0.5) is 4.39 Å². The second-order valence-corrected chi connectivity index (χ2v) is 7.38. The fraction of sp³-hybridized carbons (Fsp3) is 0.0833. The summed E-state index contributed by atoms with van der Waals surface area (Å²) < 4.78 is 20.9. The number of halogens is 1. The molecule has 8 nitrogen and oxygen atoms in total. The van der Waals surface area contributed by atoms with Crippen LogP contribution in [0.25, 0.3) is 27.8 Å². The van der Waals surface area contributed by atoms with Crippen molar-refractivity contribution in [3.63, 3.8) is 0 Å². The summed E-state index contributed by atoms with van der Waals surface area (Å²) >= 11 is 0. The normalized spacial score (nSPS) is 11.1. The van der Waals surface area contributed by atoms with Crippen LogP contribution in [0.3, 0.4) is 0 Å². The van der Waals surface area contributed by atoms with Crippen LogP contribution in [0.2, 0.25) is 0 Å². The van der Waals surface area contributed by atoms with E-state index < -0.39 is 11.4 Å². The van der Waals surface area contributed by atoms with Gasteiger partial charge in [0.2, 0.25) is 0 Å². The molecule has 5 rings (SSSR count). The van der Waals surface area contributed by atoms with Crippen molar-refractivity contribution in [2.75, 3.05) is 7.11 Å². The lowest BCUT2D eigenvalue weighted by molar-refractivity contribution is 0.0951. The van der Waals surface area contributed by atoms with Gasteiger partial charge in [0.05, 0.1) is 18.0 Å². The number of aromatic amines is 1. The van der Waals surface area contributed by atoms with Gasteiger partial charge in [-0.2, -0.15) is 10.1 Å². The summed E-state index contributed by atoms with van der Waals surface area (Å²) in [5.74, 6) is -0.0518. The Kier molecular flexibility index (Phi) is 5.06. The molecule has 5 aromatic rings. The Balaban J connectivity index is 1.51. The lowest BCUT2D eigenvalue weighted by Crippen LogP contribution is -2.23. The summed E-state index contributed by atoms with van der Waals surface area (Å²) in [5.41, 5.74) is 1.80. The molecule has 0 bridgehead atoms. The number of hydrogen-bond acceptors (Lipinski definition) is 5. The third-order valence-electron chi connectivity index (χ3n) is 5.37. The van der Waals surface area contributed by atoms with E-state index in [4.69, 9.17) is 4.74 Å². The molecule has 2 N–H and O–H groups in total. The van der Waals surface area contributed by atoms with Gasteiger partial charge in [-0.3, -0.25) is 9.59 Å².